The molecule has 1 atom stereocenters. The summed E-state index contributed by atoms with van der Waals surface area (Å²) >= 11 is 0. The Hall–Kier alpha value is -1.39. The Morgan fingerprint density at radius 2 is 2.05 bits per heavy atom. The summed E-state index contributed by atoms with van der Waals surface area (Å²) in [6, 6.07) is 8.24. The highest BCUT2D eigenvalue weighted by Gasteiger charge is 2.23. The molecule has 0 saturated carbocycles. The van der Waals surface area contributed by atoms with Gasteiger partial charge in [0.1, 0.15) is 0 Å². The minimum Gasteiger partial charge on any atom is -0.353 e. The Morgan fingerprint density at radius 1 is 1.29 bits per heavy atom. The van der Waals surface area contributed by atoms with Gasteiger partial charge in [0.25, 0.3) is 0 Å². The van der Waals surface area contributed by atoms with Gasteiger partial charge in [-0.15, -0.1) is 0 Å². The highest BCUT2D eigenvalue weighted by atomic mass is 16.2. The fourth-order valence-electron chi connectivity index (χ4n) is 2.84. The molecule has 1 amide bonds. The van der Waals surface area contributed by atoms with Gasteiger partial charge in [-0.05, 0) is 37.1 Å². The van der Waals surface area contributed by atoms with Gasteiger partial charge in [0.15, 0.2) is 0 Å². The number of hydrogen-bond donors (Lipinski definition) is 2. The van der Waals surface area contributed by atoms with Crippen molar-refractivity contribution in [1.82, 2.24) is 15.5 Å². The fraction of sp³-hybridized carbons (Fsp3) is 0.588. The minimum atomic E-state index is -0.0962. The number of hydrogen-bond acceptors (Lipinski definition) is 3. The molecule has 0 aliphatic carbocycles. The highest BCUT2D eigenvalue weighted by Crippen LogP contribution is 2.16. The lowest BCUT2D eigenvalue weighted by atomic mass is 9.95. The first kappa shape index (κ1) is 16.0. The quantitative estimate of drug-likeness (QED) is 0.800. The Balaban J connectivity index is 1.77. The van der Waals surface area contributed by atoms with Crippen molar-refractivity contribution in [3.63, 3.8) is 0 Å². The van der Waals surface area contributed by atoms with Crippen LogP contribution in [-0.2, 0) is 17.8 Å². The average Bonchev–Trinajstić information content (AvgIpc) is 2.53. The van der Waals surface area contributed by atoms with Crippen LogP contribution >= 0.6 is 0 Å². The molecule has 0 bridgehead atoms. The molecule has 0 aromatic heterocycles. The Morgan fingerprint density at radius 3 is 2.76 bits per heavy atom. The zero-order valence-electron chi connectivity index (χ0n) is 13.2. The van der Waals surface area contributed by atoms with Crippen LogP contribution in [0.4, 0.5) is 0 Å². The van der Waals surface area contributed by atoms with Crippen LogP contribution in [0.5, 0.6) is 0 Å². The number of fused-ring (bicyclic) bond motifs is 1. The molecule has 1 aromatic carbocycles. The first-order chi connectivity index (χ1) is 10.2. The number of carbonyl (C=O) groups excluding carboxylic acids is 1. The Bertz CT molecular complexity index is 461. The molecule has 2 N–H and O–H groups in total. The average molecular weight is 289 g/mol. The molecule has 4 heteroatoms. The van der Waals surface area contributed by atoms with Crippen molar-refractivity contribution < 1.29 is 4.79 Å². The number of benzene rings is 1. The summed E-state index contributed by atoms with van der Waals surface area (Å²) in [6.07, 6.45) is 1.94. The standard InChI is InChI=1S/C17H27N3O/c1-3-10-20(4-2)11-9-18-17(21)16-12-14-7-5-6-8-15(14)13-19-16/h5-8,16,19H,3-4,9-13H2,1-2H3,(H,18,21)/t16-/m1/s1. The van der Waals surface area contributed by atoms with Crippen LogP contribution in [0.1, 0.15) is 31.4 Å². The van der Waals surface area contributed by atoms with E-state index >= 15 is 0 Å². The van der Waals surface area contributed by atoms with Crippen LogP contribution in [0.15, 0.2) is 24.3 Å². The predicted octanol–water partition coefficient (Wildman–Crippen LogP) is 1.55. The lowest BCUT2D eigenvalue weighted by Gasteiger charge is -2.26. The maximum atomic E-state index is 12.2. The molecule has 0 saturated heterocycles. The second kappa shape index (κ2) is 8.15. The van der Waals surface area contributed by atoms with Gasteiger partial charge in [0.05, 0.1) is 6.04 Å². The Kier molecular flexibility index (Phi) is 6.21. The molecule has 0 fully saturated rings. The summed E-state index contributed by atoms with van der Waals surface area (Å²) in [6.45, 7) is 8.93. The van der Waals surface area contributed by atoms with Crippen molar-refractivity contribution in [1.29, 1.82) is 0 Å². The van der Waals surface area contributed by atoms with Crippen LogP contribution in [0, 0.1) is 0 Å². The molecule has 21 heavy (non-hydrogen) atoms. The van der Waals surface area contributed by atoms with E-state index in [1.807, 2.05) is 12.1 Å². The van der Waals surface area contributed by atoms with Crippen LogP contribution < -0.4 is 10.6 Å². The van der Waals surface area contributed by atoms with E-state index in [1.165, 1.54) is 11.1 Å². The molecule has 1 aromatic rings. The summed E-state index contributed by atoms with van der Waals surface area (Å²) in [5.41, 5.74) is 2.60. The second-order valence-electron chi connectivity index (χ2n) is 5.63. The van der Waals surface area contributed by atoms with Gasteiger partial charge in [-0.3, -0.25) is 4.79 Å². The number of likely N-dealkylation sites (N-methyl/N-ethyl adjacent to an activating group) is 1. The molecule has 1 aliphatic rings. The third kappa shape index (κ3) is 4.55. The number of nitrogens with one attached hydrogen (secondary N) is 2. The van der Waals surface area contributed by atoms with Crippen molar-refractivity contribution in [3.8, 4) is 0 Å². The number of nitrogens with zero attached hydrogens (tertiary/aromatic N) is 1. The van der Waals surface area contributed by atoms with E-state index in [4.69, 9.17) is 0 Å². The number of rotatable bonds is 7. The van der Waals surface area contributed by atoms with Crippen LogP contribution in [0.25, 0.3) is 0 Å². The zero-order chi connectivity index (χ0) is 15.1. The number of carbonyl (C=O) groups is 1. The lowest BCUT2D eigenvalue weighted by Crippen LogP contribution is -2.49. The lowest BCUT2D eigenvalue weighted by molar-refractivity contribution is -0.123. The van der Waals surface area contributed by atoms with Crippen molar-refractivity contribution in [3.05, 3.63) is 35.4 Å². The highest BCUT2D eigenvalue weighted by molar-refractivity contribution is 5.82. The topological polar surface area (TPSA) is 44.4 Å². The van der Waals surface area contributed by atoms with E-state index < -0.39 is 0 Å². The van der Waals surface area contributed by atoms with E-state index in [0.717, 1.165) is 45.6 Å². The molecule has 1 aliphatic heterocycles. The normalized spacial score (nSPS) is 17.6. The van der Waals surface area contributed by atoms with Crippen LogP contribution in [0.2, 0.25) is 0 Å². The monoisotopic (exact) mass is 289 g/mol. The maximum absolute atomic E-state index is 12.2. The van der Waals surface area contributed by atoms with Gasteiger partial charge >= 0.3 is 0 Å². The minimum absolute atomic E-state index is 0.0962. The van der Waals surface area contributed by atoms with Crippen molar-refractivity contribution >= 4 is 5.91 Å². The predicted molar refractivity (Wildman–Crippen MR) is 86.2 cm³/mol. The third-order valence-electron chi connectivity index (χ3n) is 4.11. The first-order valence-electron chi connectivity index (χ1n) is 8.04. The Labute approximate surface area is 127 Å². The molecule has 4 nitrogen and oxygen atoms in total. The number of amides is 1. The van der Waals surface area contributed by atoms with E-state index in [0.29, 0.717) is 0 Å². The van der Waals surface area contributed by atoms with Crippen LogP contribution in [-0.4, -0.2) is 43.0 Å². The van der Waals surface area contributed by atoms with E-state index in [-0.39, 0.29) is 11.9 Å². The molecule has 0 radical (unpaired) electrons. The molecular weight excluding hydrogens is 262 g/mol. The zero-order valence-corrected chi connectivity index (χ0v) is 13.2. The van der Waals surface area contributed by atoms with Crippen molar-refractivity contribution in [2.24, 2.45) is 0 Å². The van der Waals surface area contributed by atoms with Crippen LogP contribution in [0.3, 0.4) is 0 Å². The largest absolute Gasteiger partial charge is 0.353 e. The summed E-state index contributed by atoms with van der Waals surface area (Å²) in [4.78, 5) is 14.6. The molecule has 2 rings (SSSR count). The van der Waals surface area contributed by atoms with E-state index in [2.05, 4.69) is 41.5 Å². The van der Waals surface area contributed by atoms with E-state index in [9.17, 15) is 4.79 Å². The van der Waals surface area contributed by atoms with Gasteiger partial charge < -0.3 is 15.5 Å². The summed E-state index contributed by atoms with van der Waals surface area (Å²) in [7, 11) is 0. The van der Waals surface area contributed by atoms with Gasteiger partial charge in [0, 0.05) is 19.6 Å². The SMILES string of the molecule is CCCN(CC)CCNC(=O)[C@H]1Cc2ccccc2CN1. The van der Waals surface area contributed by atoms with Gasteiger partial charge in [0.2, 0.25) is 5.91 Å². The molecule has 1 heterocycles. The maximum Gasteiger partial charge on any atom is 0.237 e. The van der Waals surface area contributed by atoms with E-state index in [1.54, 1.807) is 0 Å². The molecular formula is C17H27N3O. The molecule has 0 spiro atoms. The van der Waals surface area contributed by atoms with Gasteiger partial charge in [-0.1, -0.05) is 38.1 Å². The summed E-state index contributed by atoms with van der Waals surface area (Å²) in [5, 5.41) is 6.39. The summed E-state index contributed by atoms with van der Waals surface area (Å²) in [5.74, 6) is 0.122. The molecule has 0 unspecified atom stereocenters. The summed E-state index contributed by atoms with van der Waals surface area (Å²) < 4.78 is 0. The fourth-order valence-corrected chi connectivity index (χ4v) is 2.84. The molecule has 116 valence electrons. The first-order valence-corrected chi connectivity index (χ1v) is 8.04. The van der Waals surface area contributed by atoms with Crippen molar-refractivity contribution in [2.45, 2.75) is 39.3 Å². The van der Waals surface area contributed by atoms with Gasteiger partial charge in [-0.25, -0.2) is 0 Å². The van der Waals surface area contributed by atoms with Crippen molar-refractivity contribution in [2.75, 3.05) is 26.2 Å². The van der Waals surface area contributed by atoms with Gasteiger partial charge in [-0.2, -0.15) is 0 Å². The second-order valence-corrected chi connectivity index (χ2v) is 5.63. The smallest absolute Gasteiger partial charge is 0.237 e. The third-order valence-corrected chi connectivity index (χ3v) is 4.11.